The number of rotatable bonds is 5. The number of carbonyl (C=O) groups is 1. The van der Waals surface area contributed by atoms with Gasteiger partial charge < -0.3 is 8.83 Å². The second-order valence-corrected chi connectivity index (χ2v) is 7.78. The van der Waals surface area contributed by atoms with Crippen molar-refractivity contribution in [3.05, 3.63) is 76.8 Å². The molecule has 1 saturated heterocycles. The fourth-order valence-electron chi connectivity index (χ4n) is 2.81. The maximum atomic E-state index is 12.7. The van der Waals surface area contributed by atoms with Crippen LogP contribution in [0.1, 0.15) is 24.0 Å². The molecular formula is C21H17NO3S2. The predicted molar refractivity (Wildman–Crippen MR) is 111 cm³/mol. The highest BCUT2D eigenvalue weighted by Crippen LogP contribution is 2.34. The smallest absolute Gasteiger partial charge is 0.266 e. The van der Waals surface area contributed by atoms with E-state index in [4.69, 9.17) is 21.1 Å². The number of hydrogen-bond acceptors (Lipinski definition) is 5. The van der Waals surface area contributed by atoms with E-state index in [0.29, 0.717) is 27.3 Å². The number of furan rings is 2. The highest BCUT2D eigenvalue weighted by atomic mass is 32.2. The van der Waals surface area contributed by atoms with Crippen LogP contribution in [0, 0.1) is 0 Å². The van der Waals surface area contributed by atoms with Crippen molar-refractivity contribution in [3.63, 3.8) is 0 Å². The van der Waals surface area contributed by atoms with Crippen molar-refractivity contribution in [2.24, 2.45) is 0 Å². The van der Waals surface area contributed by atoms with Crippen LogP contribution in [0.3, 0.4) is 0 Å². The van der Waals surface area contributed by atoms with E-state index < -0.39 is 0 Å². The Morgan fingerprint density at radius 3 is 2.67 bits per heavy atom. The number of carbonyl (C=O) groups excluding carboxylic acids is 1. The lowest BCUT2D eigenvalue weighted by Crippen LogP contribution is -2.27. The Morgan fingerprint density at radius 2 is 1.96 bits per heavy atom. The van der Waals surface area contributed by atoms with Gasteiger partial charge in [-0.2, -0.15) is 0 Å². The lowest BCUT2D eigenvalue weighted by molar-refractivity contribution is -0.122. The maximum Gasteiger partial charge on any atom is 0.266 e. The van der Waals surface area contributed by atoms with Crippen LogP contribution in [0.25, 0.3) is 17.4 Å². The predicted octanol–water partition coefficient (Wildman–Crippen LogP) is 5.50. The van der Waals surface area contributed by atoms with Gasteiger partial charge in [-0.25, -0.2) is 0 Å². The Balaban J connectivity index is 1.52. The summed E-state index contributed by atoms with van der Waals surface area (Å²) < 4.78 is 11.7. The number of aryl methyl sites for hydroxylation is 1. The molecule has 0 saturated carbocycles. The summed E-state index contributed by atoms with van der Waals surface area (Å²) in [6.45, 7) is 2.46. The molecule has 1 aliphatic rings. The minimum Gasteiger partial charge on any atom is -0.467 e. The monoisotopic (exact) mass is 395 g/mol. The van der Waals surface area contributed by atoms with Gasteiger partial charge in [-0.1, -0.05) is 55.2 Å². The molecule has 4 nitrogen and oxygen atoms in total. The minimum absolute atomic E-state index is 0.133. The standard InChI is InChI=1S/C21H17NO3S2/c1-2-14-5-7-15(8-6-14)18-10-9-16(25-18)12-19-20(23)22(21(26)27-19)13-17-4-3-11-24-17/h3-12H,2,13H2,1H3. The summed E-state index contributed by atoms with van der Waals surface area (Å²) in [5.41, 5.74) is 2.29. The van der Waals surface area contributed by atoms with Crippen LogP contribution in [0.2, 0.25) is 0 Å². The highest BCUT2D eigenvalue weighted by molar-refractivity contribution is 8.26. The molecule has 4 rings (SSSR count). The molecule has 1 aliphatic heterocycles. The molecule has 2 aromatic heterocycles. The number of nitrogens with zero attached hydrogens (tertiary/aromatic N) is 1. The van der Waals surface area contributed by atoms with Gasteiger partial charge in [-0.15, -0.1) is 0 Å². The molecule has 0 unspecified atom stereocenters. The van der Waals surface area contributed by atoms with Gasteiger partial charge in [0, 0.05) is 11.6 Å². The van der Waals surface area contributed by atoms with E-state index in [1.807, 2.05) is 30.3 Å². The molecule has 136 valence electrons. The Morgan fingerprint density at radius 1 is 1.15 bits per heavy atom. The molecular weight excluding hydrogens is 378 g/mol. The molecule has 3 aromatic rings. The first-order valence-corrected chi connectivity index (χ1v) is 9.83. The lowest BCUT2D eigenvalue weighted by Gasteiger charge is -2.11. The van der Waals surface area contributed by atoms with Gasteiger partial charge in [-0.3, -0.25) is 9.69 Å². The number of thiocarbonyl (C=S) groups is 1. The summed E-state index contributed by atoms with van der Waals surface area (Å²) in [4.78, 5) is 14.7. The van der Waals surface area contributed by atoms with Crippen LogP contribution in [-0.4, -0.2) is 15.1 Å². The normalized spacial score (nSPS) is 15.9. The fourth-order valence-corrected chi connectivity index (χ4v) is 4.05. The van der Waals surface area contributed by atoms with Gasteiger partial charge in [-0.05, 0) is 36.2 Å². The first-order chi connectivity index (χ1) is 13.1. The van der Waals surface area contributed by atoms with Gasteiger partial charge in [0.2, 0.25) is 0 Å². The van der Waals surface area contributed by atoms with Crippen molar-refractivity contribution < 1.29 is 13.6 Å². The van der Waals surface area contributed by atoms with Crippen LogP contribution in [-0.2, 0) is 17.8 Å². The molecule has 27 heavy (non-hydrogen) atoms. The molecule has 0 atom stereocenters. The van der Waals surface area contributed by atoms with Gasteiger partial charge in [0.15, 0.2) is 0 Å². The van der Waals surface area contributed by atoms with Gasteiger partial charge >= 0.3 is 0 Å². The van der Waals surface area contributed by atoms with Crippen LogP contribution in [0.15, 0.2) is 68.5 Å². The second kappa shape index (κ2) is 7.58. The molecule has 0 bridgehead atoms. The molecule has 1 amide bonds. The van der Waals surface area contributed by atoms with Crippen molar-refractivity contribution in [1.29, 1.82) is 0 Å². The third kappa shape index (κ3) is 3.77. The van der Waals surface area contributed by atoms with E-state index >= 15 is 0 Å². The first-order valence-electron chi connectivity index (χ1n) is 8.61. The Hall–Kier alpha value is -2.57. The zero-order chi connectivity index (χ0) is 18.8. The minimum atomic E-state index is -0.133. The molecule has 6 heteroatoms. The summed E-state index contributed by atoms with van der Waals surface area (Å²) in [5, 5.41) is 0. The SMILES string of the molecule is CCc1ccc(-c2ccc(C=C3SC(=S)N(Cc4ccco4)C3=O)o2)cc1. The van der Waals surface area contributed by atoms with E-state index in [1.165, 1.54) is 22.2 Å². The van der Waals surface area contributed by atoms with Crippen molar-refractivity contribution in [3.8, 4) is 11.3 Å². The molecule has 0 N–H and O–H groups in total. The largest absolute Gasteiger partial charge is 0.467 e. The highest BCUT2D eigenvalue weighted by Gasteiger charge is 2.32. The molecule has 1 aromatic carbocycles. The average molecular weight is 396 g/mol. The first kappa shape index (κ1) is 17.8. The van der Waals surface area contributed by atoms with E-state index in [0.717, 1.165) is 17.7 Å². The van der Waals surface area contributed by atoms with Gasteiger partial charge in [0.25, 0.3) is 5.91 Å². The zero-order valence-corrected chi connectivity index (χ0v) is 16.3. The van der Waals surface area contributed by atoms with Crippen molar-refractivity contribution in [2.75, 3.05) is 0 Å². The number of thioether (sulfide) groups is 1. The van der Waals surface area contributed by atoms with Crippen molar-refractivity contribution >= 4 is 40.3 Å². The van der Waals surface area contributed by atoms with Crippen LogP contribution in [0.4, 0.5) is 0 Å². The molecule has 0 spiro atoms. The average Bonchev–Trinajstić information content (AvgIpc) is 3.41. The second-order valence-electron chi connectivity index (χ2n) is 6.10. The topological polar surface area (TPSA) is 46.6 Å². The number of hydrogen-bond donors (Lipinski definition) is 0. The molecule has 0 aliphatic carbocycles. The zero-order valence-electron chi connectivity index (χ0n) is 14.7. The van der Waals surface area contributed by atoms with Gasteiger partial charge in [0.05, 0.1) is 17.7 Å². The number of amides is 1. The third-order valence-corrected chi connectivity index (χ3v) is 5.69. The number of benzene rings is 1. The molecule has 0 radical (unpaired) electrons. The van der Waals surface area contributed by atoms with Crippen LogP contribution < -0.4 is 0 Å². The third-order valence-electron chi connectivity index (χ3n) is 4.31. The quantitative estimate of drug-likeness (QED) is 0.421. The Kier molecular flexibility index (Phi) is 5.01. The molecule has 3 heterocycles. The van der Waals surface area contributed by atoms with Crippen molar-refractivity contribution in [2.45, 2.75) is 19.9 Å². The van der Waals surface area contributed by atoms with E-state index in [9.17, 15) is 4.79 Å². The molecule has 1 fully saturated rings. The summed E-state index contributed by atoms with van der Waals surface area (Å²) >= 11 is 6.62. The summed E-state index contributed by atoms with van der Waals surface area (Å²) in [6, 6.07) is 15.7. The van der Waals surface area contributed by atoms with Gasteiger partial charge in [0.1, 0.15) is 21.6 Å². The summed E-state index contributed by atoms with van der Waals surface area (Å²) in [7, 11) is 0. The summed E-state index contributed by atoms with van der Waals surface area (Å²) in [6.07, 6.45) is 4.33. The van der Waals surface area contributed by atoms with E-state index in [1.54, 1.807) is 18.4 Å². The Labute approximate surface area is 166 Å². The van der Waals surface area contributed by atoms with Crippen molar-refractivity contribution in [1.82, 2.24) is 4.90 Å². The summed E-state index contributed by atoms with van der Waals surface area (Å²) in [5.74, 6) is 1.97. The Bertz CT molecular complexity index is 1000. The van der Waals surface area contributed by atoms with E-state index in [-0.39, 0.29) is 5.91 Å². The van der Waals surface area contributed by atoms with Crippen LogP contribution in [0.5, 0.6) is 0 Å². The van der Waals surface area contributed by atoms with E-state index in [2.05, 4.69) is 19.1 Å². The van der Waals surface area contributed by atoms with Crippen LogP contribution >= 0.6 is 24.0 Å². The maximum absolute atomic E-state index is 12.7. The fraction of sp³-hybridized carbons (Fsp3) is 0.143. The lowest BCUT2D eigenvalue weighted by atomic mass is 10.1.